The lowest BCUT2D eigenvalue weighted by Gasteiger charge is -2.10. The van der Waals surface area contributed by atoms with Crippen molar-refractivity contribution >= 4 is 5.69 Å². The summed E-state index contributed by atoms with van der Waals surface area (Å²) in [6, 6.07) is 6.59. The van der Waals surface area contributed by atoms with E-state index >= 15 is 0 Å². The summed E-state index contributed by atoms with van der Waals surface area (Å²) in [5.74, 6) is -2.00. The molecule has 0 bridgehead atoms. The van der Waals surface area contributed by atoms with E-state index < -0.39 is 17.5 Å². The predicted octanol–water partition coefficient (Wildman–Crippen LogP) is 3.44. The molecule has 2 aromatic carbocycles. The lowest BCUT2D eigenvalue weighted by Crippen LogP contribution is -2.04. The van der Waals surface area contributed by atoms with Gasteiger partial charge in [0.25, 0.3) is 0 Å². The van der Waals surface area contributed by atoms with Crippen LogP contribution in [0.4, 0.5) is 18.9 Å². The minimum absolute atomic E-state index is 0.111. The average molecular weight is 281 g/mol. The zero-order valence-electron chi connectivity index (χ0n) is 10.3. The molecule has 3 nitrogen and oxygen atoms in total. The molecule has 0 aromatic heterocycles. The molecule has 0 radical (unpaired) electrons. The molecule has 104 valence electrons. The van der Waals surface area contributed by atoms with Crippen LogP contribution < -0.4 is 14.8 Å². The average Bonchev–Trinajstić information content (AvgIpc) is 2.90. The largest absolute Gasteiger partial charge is 0.454 e. The number of fused-ring (bicyclic) bond motifs is 1. The molecular weight excluding hydrogens is 271 g/mol. The first-order valence-corrected chi connectivity index (χ1v) is 5.91. The van der Waals surface area contributed by atoms with Gasteiger partial charge in [-0.15, -0.1) is 0 Å². The smallest absolute Gasteiger partial charge is 0.231 e. The van der Waals surface area contributed by atoms with Crippen LogP contribution in [0.25, 0.3) is 0 Å². The SMILES string of the molecule is Fc1cc(F)c(NCc2cccc3c2OCO3)cc1F. The van der Waals surface area contributed by atoms with Crippen LogP contribution in [0.2, 0.25) is 0 Å². The van der Waals surface area contributed by atoms with E-state index in [1.807, 2.05) is 0 Å². The van der Waals surface area contributed by atoms with E-state index in [0.717, 1.165) is 11.6 Å². The van der Waals surface area contributed by atoms with Crippen molar-refractivity contribution in [2.45, 2.75) is 6.54 Å². The predicted molar refractivity (Wildman–Crippen MR) is 66.2 cm³/mol. The highest BCUT2D eigenvalue weighted by Gasteiger charge is 2.17. The topological polar surface area (TPSA) is 30.5 Å². The molecule has 0 amide bonds. The summed E-state index contributed by atoms with van der Waals surface area (Å²) in [5, 5.41) is 2.71. The summed E-state index contributed by atoms with van der Waals surface area (Å²) >= 11 is 0. The third-order valence-electron chi connectivity index (χ3n) is 2.96. The molecule has 0 unspecified atom stereocenters. The Labute approximate surface area is 112 Å². The van der Waals surface area contributed by atoms with Crippen LogP contribution in [0.15, 0.2) is 30.3 Å². The van der Waals surface area contributed by atoms with Gasteiger partial charge in [-0.2, -0.15) is 0 Å². The fraction of sp³-hybridized carbons (Fsp3) is 0.143. The van der Waals surface area contributed by atoms with Gasteiger partial charge in [-0.05, 0) is 6.07 Å². The van der Waals surface area contributed by atoms with E-state index in [-0.39, 0.29) is 19.0 Å². The quantitative estimate of drug-likeness (QED) is 0.874. The second-order valence-corrected chi connectivity index (χ2v) is 4.25. The van der Waals surface area contributed by atoms with E-state index in [2.05, 4.69) is 5.32 Å². The van der Waals surface area contributed by atoms with Crippen molar-refractivity contribution in [1.82, 2.24) is 0 Å². The number of para-hydroxylation sites is 1. The maximum Gasteiger partial charge on any atom is 0.231 e. The number of ether oxygens (including phenoxy) is 2. The molecule has 1 heterocycles. The highest BCUT2D eigenvalue weighted by atomic mass is 19.2. The molecule has 1 N–H and O–H groups in total. The first kappa shape index (κ1) is 12.7. The van der Waals surface area contributed by atoms with Crippen LogP contribution in [0, 0.1) is 17.5 Å². The van der Waals surface area contributed by atoms with Crippen LogP contribution in [0.1, 0.15) is 5.56 Å². The summed E-state index contributed by atoms with van der Waals surface area (Å²) in [5.41, 5.74) is 0.629. The third-order valence-corrected chi connectivity index (χ3v) is 2.96. The van der Waals surface area contributed by atoms with Crippen molar-refractivity contribution in [3.05, 3.63) is 53.3 Å². The Bertz CT molecular complexity index is 661. The molecule has 3 rings (SSSR count). The molecule has 1 aliphatic heterocycles. The molecular formula is C14H10F3NO2. The van der Waals surface area contributed by atoms with E-state index in [9.17, 15) is 13.2 Å². The summed E-state index contributed by atoms with van der Waals surface area (Å²) in [6.07, 6.45) is 0. The summed E-state index contributed by atoms with van der Waals surface area (Å²) in [4.78, 5) is 0. The number of rotatable bonds is 3. The zero-order chi connectivity index (χ0) is 14.1. The van der Waals surface area contributed by atoms with Crippen molar-refractivity contribution in [1.29, 1.82) is 0 Å². The van der Waals surface area contributed by atoms with E-state index in [1.165, 1.54) is 0 Å². The van der Waals surface area contributed by atoms with Gasteiger partial charge in [0.1, 0.15) is 5.82 Å². The standard InChI is InChI=1S/C14H10F3NO2/c15-9-4-11(17)12(5-10(9)16)18-6-8-2-1-3-13-14(8)20-7-19-13/h1-5,18H,6-7H2. The normalized spacial score (nSPS) is 12.6. The van der Waals surface area contributed by atoms with Crippen LogP contribution >= 0.6 is 0 Å². The van der Waals surface area contributed by atoms with Crippen molar-refractivity contribution < 1.29 is 22.6 Å². The Kier molecular flexibility index (Phi) is 3.14. The van der Waals surface area contributed by atoms with Gasteiger partial charge < -0.3 is 14.8 Å². The number of halogens is 3. The van der Waals surface area contributed by atoms with Crippen molar-refractivity contribution in [3.8, 4) is 11.5 Å². The van der Waals surface area contributed by atoms with Crippen molar-refractivity contribution in [2.24, 2.45) is 0 Å². The van der Waals surface area contributed by atoms with Gasteiger partial charge in [0.05, 0.1) is 5.69 Å². The Morgan fingerprint density at radius 2 is 1.80 bits per heavy atom. The summed E-state index contributed by atoms with van der Waals surface area (Å²) in [7, 11) is 0. The van der Waals surface area contributed by atoms with Gasteiger partial charge in [0.2, 0.25) is 6.79 Å². The summed E-state index contributed by atoms with van der Waals surface area (Å²) < 4.78 is 49.9. The minimum Gasteiger partial charge on any atom is -0.454 e. The van der Waals surface area contributed by atoms with Gasteiger partial charge >= 0.3 is 0 Å². The first-order valence-electron chi connectivity index (χ1n) is 5.91. The zero-order valence-corrected chi connectivity index (χ0v) is 10.3. The Balaban J connectivity index is 1.81. The molecule has 20 heavy (non-hydrogen) atoms. The Morgan fingerprint density at radius 3 is 2.65 bits per heavy atom. The van der Waals surface area contributed by atoms with E-state index in [1.54, 1.807) is 18.2 Å². The molecule has 0 saturated carbocycles. The number of hydrogen-bond donors (Lipinski definition) is 1. The molecule has 0 saturated heterocycles. The molecule has 1 aliphatic rings. The summed E-state index contributed by atoms with van der Waals surface area (Å²) in [6.45, 7) is 0.334. The van der Waals surface area contributed by atoms with Gasteiger partial charge in [0, 0.05) is 24.2 Å². The van der Waals surface area contributed by atoms with Gasteiger partial charge in [0.15, 0.2) is 23.1 Å². The number of benzene rings is 2. The maximum absolute atomic E-state index is 13.5. The Hall–Kier alpha value is -2.37. The Morgan fingerprint density at radius 1 is 1.00 bits per heavy atom. The lowest BCUT2D eigenvalue weighted by atomic mass is 10.2. The second-order valence-electron chi connectivity index (χ2n) is 4.25. The monoisotopic (exact) mass is 281 g/mol. The highest BCUT2D eigenvalue weighted by Crippen LogP contribution is 2.35. The molecule has 2 aromatic rings. The number of nitrogens with one attached hydrogen (secondary N) is 1. The fourth-order valence-corrected chi connectivity index (χ4v) is 1.98. The van der Waals surface area contributed by atoms with Gasteiger partial charge in [-0.3, -0.25) is 0 Å². The maximum atomic E-state index is 13.5. The molecule has 0 atom stereocenters. The van der Waals surface area contributed by atoms with Crippen LogP contribution in [0.5, 0.6) is 11.5 Å². The van der Waals surface area contributed by atoms with Crippen LogP contribution in [-0.4, -0.2) is 6.79 Å². The van der Waals surface area contributed by atoms with Crippen LogP contribution in [-0.2, 0) is 6.54 Å². The second kappa shape index (κ2) is 4.96. The molecule has 0 fully saturated rings. The molecule has 6 heteroatoms. The minimum atomic E-state index is -1.22. The lowest BCUT2D eigenvalue weighted by molar-refractivity contribution is 0.173. The van der Waals surface area contributed by atoms with Crippen molar-refractivity contribution in [3.63, 3.8) is 0 Å². The number of anilines is 1. The van der Waals surface area contributed by atoms with Crippen LogP contribution in [0.3, 0.4) is 0 Å². The van der Waals surface area contributed by atoms with E-state index in [4.69, 9.17) is 9.47 Å². The van der Waals surface area contributed by atoms with Gasteiger partial charge in [-0.1, -0.05) is 12.1 Å². The van der Waals surface area contributed by atoms with Crippen molar-refractivity contribution in [2.75, 3.05) is 12.1 Å². The van der Waals surface area contributed by atoms with Gasteiger partial charge in [-0.25, -0.2) is 13.2 Å². The van der Waals surface area contributed by atoms with E-state index in [0.29, 0.717) is 17.6 Å². The highest BCUT2D eigenvalue weighted by molar-refractivity contribution is 5.51. The third kappa shape index (κ3) is 2.24. The molecule has 0 spiro atoms. The number of hydrogen-bond acceptors (Lipinski definition) is 3. The molecule has 0 aliphatic carbocycles. The fourth-order valence-electron chi connectivity index (χ4n) is 1.98. The first-order chi connectivity index (χ1) is 9.65.